The van der Waals surface area contributed by atoms with Crippen LogP contribution in [0.5, 0.6) is 5.88 Å². The quantitative estimate of drug-likeness (QED) is 0.670. The predicted octanol–water partition coefficient (Wildman–Crippen LogP) is 2.95. The Morgan fingerprint density at radius 3 is 2.61 bits per heavy atom. The average molecular weight is 324 g/mol. The number of pyridine rings is 1. The minimum atomic E-state index is -0.836. The third-order valence-corrected chi connectivity index (χ3v) is 3.59. The van der Waals surface area contributed by atoms with Crippen molar-refractivity contribution in [2.45, 2.75) is 46.1 Å². The summed E-state index contributed by atoms with van der Waals surface area (Å²) in [7, 11) is 1.62. The first-order valence-corrected chi connectivity index (χ1v) is 8.00. The summed E-state index contributed by atoms with van der Waals surface area (Å²) in [6, 6.07) is 1.84. The summed E-state index contributed by atoms with van der Waals surface area (Å²) in [6.07, 6.45) is 3.06. The molecule has 0 unspecified atom stereocenters. The van der Waals surface area contributed by atoms with E-state index in [9.17, 15) is 4.79 Å². The molecule has 1 heterocycles. The van der Waals surface area contributed by atoms with Crippen LogP contribution in [-0.2, 0) is 14.3 Å². The second kappa shape index (κ2) is 9.47. The molecule has 0 aliphatic carbocycles. The molecule has 0 saturated carbocycles. The first kappa shape index (κ1) is 19.4. The lowest BCUT2D eigenvalue weighted by Crippen LogP contribution is -2.42. The van der Waals surface area contributed by atoms with Crippen LogP contribution in [-0.4, -0.2) is 43.4 Å². The summed E-state index contributed by atoms with van der Waals surface area (Å²) in [5, 5.41) is 2.87. The van der Waals surface area contributed by atoms with Gasteiger partial charge in [0, 0.05) is 19.3 Å². The molecule has 6 nitrogen and oxygen atoms in total. The van der Waals surface area contributed by atoms with Crippen molar-refractivity contribution in [3.63, 3.8) is 0 Å². The SMILES string of the molecule is CCCO[C@](C)(CC)C(=O)Nc1cnc(OCCOC)c(C)c1. The Kier molecular flexibility index (Phi) is 7.98. The van der Waals surface area contributed by atoms with Crippen LogP contribution in [0.3, 0.4) is 0 Å². The zero-order valence-electron chi connectivity index (χ0n) is 14.8. The van der Waals surface area contributed by atoms with Gasteiger partial charge in [-0.05, 0) is 32.8 Å². The van der Waals surface area contributed by atoms with Gasteiger partial charge in [-0.25, -0.2) is 4.98 Å². The Morgan fingerprint density at radius 1 is 1.30 bits per heavy atom. The fourth-order valence-corrected chi connectivity index (χ4v) is 1.92. The molecule has 0 saturated heterocycles. The molecule has 0 spiro atoms. The van der Waals surface area contributed by atoms with Crippen molar-refractivity contribution in [2.75, 3.05) is 32.2 Å². The van der Waals surface area contributed by atoms with E-state index in [0.29, 0.717) is 37.8 Å². The molecule has 0 aliphatic heterocycles. The number of hydrogen-bond acceptors (Lipinski definition) is 5. The highest BCUT2D eigenvalue weighted by molar-refractivity contribution is 5.97. The number of hydrogen-bond donors (Lipinski definition) is 1. The van der Waals surface area contributed by atoms with E-state index in [-0.39, 0.29) is 5.91 Å². The van der Waals surface area contributed by atoms with Crippen LogP contribution in [0, 0.1) is 6.92 Å². The lowest BCUT2D eigenvalue weighted by Gasteiger charge is -2.27. The topological polar surface area (TPSA) is 69.7 Å². The number of rotatable bonds is 10. The van der Waals surface area contributed by atoms with E-state index >= 15 is 0 Å². The van der Waals surface area contributed by atoms with Gasteiger partial charge < -0.3 is 19.5 Å². The molecule has 1 N–H and O–H groups in total. The standard InChI is InChI=1S/C17H28N2O4/c1-6-8-23-17(4,7-2)16(20)19-14-11-13(3)15(18-12-14)22-10-9-21-5/h11-12H,6-10H2,1-5H3,(H,19,20)/t17-/m1/s1. The third-order valence-electron chi connectivity index (χ3n) is 3.59. The highest BCUT2D eigenvalue weighted by Crippen LogP contribution is 2.22. The number of nitrogens with zero attached hydrogens (tertiary/aromatic N) is 1. The minimum Gasteiger partial charge on any atom is -0.475 e. The summed E-state index contributed by atoms with van der Waals surface area (Å²) < 4.78 is 16.2. The molecule has 130 valence electrons. The summed E-state index contributed by atoms with van der Waals surface area (Å²) >= 11 is 0. The molecule has 1 aromatic heterocycles. The van der Waals surface area contributed by atoms with Crippen molar-refractivity contribution in [3.05, 3.63) is 17.8 Å². The number of carbonyl (C=O) groups is 1. The summed E-state index contributed by atoms with van der Waals surface area (Å²) in [6.45, 7) is 9.15. The van der Waals surface area contributed by atoms with E-state index in [0.717, 1.165) is 12.0 Å². The Hall–Kier alpha value is -1.66. The van der Waals surface area contributed by atoms with Crippen molar-refractivity contribution < 1.29 is 19.0 Å². The van der Waals surface area contributed by atoms with Gasteiger partial charge in [0.05, 0.1) is 18.5 Å². The largest absolute Gasteiger partial charge is 0.475 e. The molecule has 0 aliphatic rings. The monoisotopic (exact) mass is 324 g/mol. The van der Waals surface area contributed by atoms with Gasteiger partial charge in [-0.1, -0.05) is 13.8 Å². The molecule has 1 aromatic rings. The average Bonchev–Trinajstić information content (AvgIpc) is 2.54. The molecule has 6 heteroatoms. The summed E-state index contributed by atoms with van der Waals surface area (Å²) in [5.74, 6) is 0.378. The molecule has 23 heavy (non-hydrogen) atoms. The Labute approximate surface area is 138 Å². The lowest BCUT2D eigenvalue weighted by molar-refractivity contribution is -0.139. The molecule has 1 amide bonds. The number of aromatic nitrogens is 1. The zero-order chi connectivity index (χ0) is 17.3. The van der Waals surface area contributed by atoms with Crippen molar-refractivity contribution in [1.29, 1.82) is 0 Å². The molecule has 0 aromatic carbocycles. The van der Waals surface area contributed by atoms with Crippen molar-refractivity contribution in [2.24, 2.45) is 0 Å². The molecule has 1 rings (SSSR count). The number of aryl methyl sites for hydroxylation is 1. The van der Waals surface area contributed by atoms with Gasteiger partial charge in [-0.15, -0.1) is 0 Å². The third kappa shape index (κ3) is 5.80. The van der Waals surface area contributed by atoms with E-state index < -0.39 is 5.60 Å². The number of methoxy groups -OCH3 is 1. The number of carbonyl (C=O) groups excluding carboxylic acids is 1. The fraction of sp³-hybridized carbons (Fsp3) is 0.647. The van der Waals surface area contributed by atoms with Gasteiger partial charge >= 0.3 is 0 Å². The zero-order valence-corrected chi connectivity index (χ0v) is 14.8. The lowest BCUT2D eigenvalue weighted by atomic mass is 10.0. The van der Waals surface area contributed by atoms with Crippen LogP contribution in [0.25, 0.3) is 0 Å². The van der Waals surface area contributed by atoms with Crippen LogP contribution in [0.2, 0.25) is 0 Å². The van der Waals surface area contributed by atoms with E-state index in [2.05, 4.69) is 10.3 Å². The number of nitrogens with one attached hydrogen (secondary N) is 1. The first-order valence-electron chi connectivity index (χ1n) is 8.00. The molecule has 0 radical (unpaired) electrons. The van der Waals surface area contributed by atoms with Crippen LogP contribution < -0.4 is 10.1 Å². The van der Waals surface area contributed by atoms with Crippen molar-refractivity contribution >= 4 is 11.6 Å². The summed E-state index contributed by atoms with van der Waals surface area (Å²) in [4.78, 5) is 16.7. The molecular weight excluding hydrogens is 296 g/mol. The van der Waals surface area contributed by atoms with E-state index in [1.165, 1.54) is 0 Å². The predicted molar refractivity (Wildman–Crippen MR) is 89.9 cm³/mol. The van der Waals surface area contributed by atoms with E-state index in [1.54, 1.807) is 20.2 Å². The minimum absolute atomic E-state index is 0.164. The van der Waals surface area contributed by atoms with Crippen LogP contribution in [0.1, 0.15) is 39.2 Å². The number of ether oxygens (including phenoxy) is 3. The number of anilines is 1. The first-order chi connectivity index (χ1) is 11.0. The van der Waals surface area contributed by atoms with Crippen molar-refractivity contribution in [1.82, 2.24) is 4.98 Å². The van der Waals surface area contributed by atoms with Crippen LogP contribution in [0.4, 0.5) is 5.69 Å². The van der Waals surface area contributed by atoms with Gasteiger partial charge in [0.15, 0.2) is 0 Å². The Bertz CT molecular complexity index is 507. The van der Waals surface area contributed by atoms with Crippen LogP contribution >= 0.6 is 0 Å². The summed E-state index contributed by atoms with van der Waals surface area (Å²) in [5.41, 5.74) is 0.648. The highest BCUT2D eigenvalue weighted by Gasteiger charge is 2.32. The molecular formula is C17H28N2O4. The van der Waals surface area contributed by atoms with Gasteiger partial charge in [-0.2, -0.15) is 0 Å². The van der Waals surface area contributed by atoms with Crippen molar-refractivity contribution in [3.8, 4) is 5.88 Å². The maximum Gasteiger partial charge on any atom is 0.256 e. The van der Waals surface area contributed by atoms with Gasteiger partial charge in [0.2, 0.25) is 5.88 Å². The second-order valence-electron chi connectivity index (χ2n) is 5.57. The fourth-order valence-electron chi connectivity index (χ4n) is 1.92. The highest BCUT2D eigenvalue weighted by atomic mass is 16.5. The molecule has 1 atom stereocenters. The van der Waals surface area contributed by atoms with Gasteiger partial charge in [-0.3, -0.25) is 4.79 Å². The van der Waals surface area contributed by atoms with Gasteiger partial charge in [0.1, 0.15) is 12.2 Å². The smallest absolute Gasteiger partial charge is 0.256 e. The second-order valence-corrected chi connectivity index (χ2v) is 5.57. The van der Waals surface area contributed by atoms with Crippen LogP contribution in [0.15, 0.2) is 12.3 Å². The Morgan fingerprint density at radius 2 is 2.04 bits per heavy atom. The van der Waals surface area contributed by atoms with Gasteiger partial charge in [0.25, 0.3) is 5.91 Å². The maximum atomic E-state index is 12.5. The molecule has 0 bridgehead atoms. The maximum absolute atomic E-state index is 12.5. The van der Waals surface area contributed by atoms with E-state index in [4.69, 9.17) is 14.2 Å². The number of amides is 1. The van der Waals surface area contributed by atoms with E-state index in [1.807, 2.05) is 26.8 Å². The molecule has 0 fully saturated rings. The normalized spacial score (nSPS) is 13.4. The Balaban J connectivity index is 2.72.